The van der Waals surface area contributed by atoms with E-state index in [-0.39, 0.29) is 12.3 Å². The van der Waals surface area contributed by atoms with Gasteiger partial charge in [-0.1, -0.05) is 0 Å². The summed E-state index contributed by atoms with van der Waals surface area (Å²) >= 11 is 0. The molecule has 0 atom stereocenters. The molecular weight excluding hydrogens is 316 g/mol. The molecule has 2 aromatic heterocycles. The number of carbonyl (C=O) groups is 1. The third-order valence-electron chi connectivity index (χ3n) is 4.87. The number of nitrogens with zero attached hydrogens (tertiary/aromatic N) is 2. The molecule has 3 aromatic rings. The van der Waals surface area contributed by atoms with E-state index in [1.54, 1.807) is 7.11 Å². The Hall–Kier alpha value is -2.76. The molecule has 0 bridgehead atoms. The van der Waals surface area contributed by atoms with Crippen LogP contribution in [-0.2, 0) is 11.2 Å². The molecule has 25 heavy (non-hydrogen) atoms. The largest absolute Gasteiger partial charge is 0.497 e. The maximum absolute atomic E-state index is 11.6. The van der Waals surface area contributed by atoms with Gasteiger partial charge in [0.15, 0.2) is 0 Å². The lowest BCUT2D eigenvalue weighted by molar-refractivity contribution is -0.117. The third-order valence-corrected chi connectivity index (χ3v) is 4.87. The van der Waals surface area contributed by atoms with Gasteiger partial charge in [-0.3, -0.25) is 4.79 Å². The molecule has 3 heterocycles. The van der Waals surface area contributed by atoms with E-state index in [0.29, 0.717) is 0 Å². The molecule has 1 saturated heterocycles. The highest BCUT2D eigenvalue weighted by Crippen LogP contribution is 2.32. The molecule has 0 spiro atoms. The number of nitrogens with one attached hydrogen (secondary N) is 1. The number of rotatable bonds is 4. The Bertz CT molecular complexity index is 941. The predicted octanol–water partition coefficient (Wildman–Crippen LogP) is 2.74. The number of methoxy groups -OCH3 is 1. The number of hydrogen-bond acceptors (Lipinski definition) is 4. The maximum Gasteiger partial charge on any atom is 0.221 e. The van der Waals surface area contributed by atoms with Gasteiger partial charge in [0, 0.05) is 24.5 Å². The number of pyridine rings is 1. The van der Waals surface area contributed by atoms with Crippen LogP contribution in [0.5, 0.6) is 5.75 Å². The summed E-state index contributed by atoms with van der Waals surface area (Å²) in [6.45, 7) is 2.01. The SMILES string of the molecule is COc1ccc2c(c1)[nH]c1c(CC(N)=O)cc(N3CCCCC3)nc12. The first-order valence-corrected chi connectivity index (χ1v) is 8.68. The number of fused-ring (bicyclic) bond motifs is 3. The zero-order valence-electron chi connectivity index (χ0n) is 14.3. The van der Waals surface area contributed by atoms with E-state index in [2.05, 4.69) is 9.88 Å². The number of primary amides is 1. The molecule has 3 N–H and O–H groups in total. The Labute approximate surface area is 146 Å². The van der Waals surface area contributed by atoms with Crippen molar-refractivity contribution < 1.29 is 9.53 Å². The second kappa shape index (κ2) is 6.27. The summed E-state index contributed by atoms with van der Waals surface area (Å²) in [5.74, 6) is 1.38. The Balaban J connectivity index is 1.92. The number of benzene rings is 1. The van der Waals surface area contributed by atoms with E-state index in [4.69, 9.17) is 15.5 Å². The van der Waals surface area contributed by atoms with Crippen LogP contribution < -0.4 is 15.4 Å². The van der Waals surface area contributed by atoms with E-state index in [0.717, 1.165) is 52.2 Å². The number of anilines is 1. The van der Waals surface area contributed by atoms with Crippen molar-refractivity contribution in [3.8, 4) is 5.75 Å². The first-order valence-electron chi connectivity index (χ1n) is 8.68. The zero-order chi connectivity index (χ0) is 17.4. The van der Waals surface area contributed by atoms with E-state index >= 15 is 0 Å². The van der Waals surface area contributed by atoms with Gasteiger partial charge in [-0.05, 0) is 43.0 Å². The van der Waals surface area contributed by atoms with E-state index in [1.165, 1.54) is 19.3 Å². The first kappa shape index (κ1) is 15.7. The van der Waals surface area contributed by atoms with Crippen LogP contribution in [-0.4, -0.2) is 36.1 Å². The molecule has 4 rings (SSSR count). The molecule has 0 aliphatic carbocycles. The van der Waals surface area contributed by atoms with Crippen LogP contribution in [0.15, 0.2) is 24.3 Å². The monoisotopic (exact) mass is 338 g/mol. The molecule has 1 amide bonds. The summed E-state index contributed by atoms with van der Waals surface area (Å²) in [5, 5.41) is 1.03. The Kier molecular flexibility index (Phi) is 3.95. The van der Waals surface area contributed by atoms with Crippen molar-refractivity contribution >= 4 is 33.7 Å². The maximum atomic E-state index is 11.6. The number of aromatic nitrogens is 2. The number of hydrogen-bond donors (Lipinski definition) is 2. The molecule has 6 heteroatoms. The van der Waals surface area contributed by atoms with E-state index in [1.807, 2.05) is 24.3 Å². The molecule has 0 unspecified atom stereocenters. The van der Waals surface area contributed by atoms with Crippen molar-refractivity contribution in [3.63, 3.8) is 0 Å². The standard InChI is InChI=1S/C19H22N4O2/c1-25-13-5-6-14-15(11-13)21-18-12(9-16(20)24)10-17(22-19(14)18)23-7-3-2-4-8-23/h5-6,10-11,21H,2-4,7-9H2,1H3,(H2,20,24). The zero-order valence-corrected chi connectivity index (χ0v) is 14.3. The van der Waals surface area contributed by atoms with Gasteiger partial charge in [0.25, 0.3) is 0 Å². The fraction of sp³-hybridized carbons (Fsp3) is 0.368. The molecule has 1 aliphatic rings. The number of aromatic amines is 1. The summed E-state index contributed by atoms with van der Waals surface area (Å²) in [7, 11) is 1.65. The van der Waals surface area contributed by atoms with Crippen molar-refractivity contribution in [1.82, 2.24) is 9.97 Å². The van der Waals surface area contributed by atoms with Crippen LogP contribution in [0, 0.1) is 0 Å². The number of amides is 1. The molecule has 0 saturated carbocycles. The summed E-state index contributed by atoms with van der Waals surface area (Å²) in [6.07, 6.45) is 3.81. The molecular formula is C19H22N4O2. The van der Waals surface area contributed by atoms with E-state index in [9.17, 15) is 4.79 Å². The summed E-state index contributed by atoms with van der Waals surface area (Å²) in [4.78, 5) is 22.2. The minimum absolute atomic E-state index is 0.198. The highest BCUT2D eigenvalue weighted by Gasteiger charge is 2.18. The van der Waals surface area contributed by atoms with Crippen LogP contribution in [0.1, 0.15) is 24.8 Å². The molecule has 130 valence electrons. The van der Waals surface area contributed by atoms with Crippen molar-refractivity contribution in [2.24, 2.45) is 5.73 Å². The number of H-pyrrole nitrogens is 1. The van der Waals surface area contributed by atoms with Gasteiger partial charge in [0.1, 0.15) is 11.6 Å². The van der Waals surface area contributed by atoms with Gasteiger partial charge in [0.05, 0.1) is 30.1 Å². The van der Waals surface area contributed by atoms with Gasteiger partial charge in [-0.15, -0.1) is 0 Å². The van der Waals surface area contributed by atoms with Gasteiger partial charge in [0.2, 0.25) is 5.91 Å². The molecule has 1 fully saturated rings. The van der Waals surface area contributed by atoms with Crippen LogP contribution in [0.25, 0.3) is 21.9 Å². The van der Waals surface area contributed by atoms with Gasteiger partial charge in [-0.25, -0.2) is 4.98 Å². The number of carbonyl (C=O) groups excluding carboxylic acids is 1. The second-order valence-corrected chi connectivity index (χ2v) is 6.59. The van der Waals surface area contributed by atoms with Gasteiger partial charge in [-0.2, -0.15) is 0 Å². The predicted molar refractivity (Wildman–Crippen MR) is 99.1 cm³/mol. The summed E-state index contributed by atoms with van der Waals surface area (Å²) in [5.41, 5.74) is 9.08. The number of ether oxygens (including phenoxy) is 1. The molecule has 6 nitrogen and oxygen atoms in total. The number of nitrogens with two attached hydrogens (primary N) is 1. The van der Waals surface area contributed by atoms with Crippen LogP contribution in [0.3, 0.4) is 0 Å². The fourth-order valence-electron chi connectivity index (χ4n) is 3.62. The summed E-state index contributed by atoms with van der Waals surface area (Å²) in [6, 6.07) is 7.89. The second-order valence-electron chi connectivity index (χ2n) is 6.59. The van der Waals surface area contributed by atoms with Crippen LogP contribution >= 0.6 is 0 Å². The van der Waals surface area contributed by atoms with Crippen molar-refractivity contribution in [1.29, 1.82) is 0 Å². The Morgan fingerprint density at radius 3 is 2.80 bits per heavy atom. The quantitative estimate of drug-likeness (QED) is 0.766. The fourth-order valence-corrected chi connectivity index (χ4v) is 3.62. The smallest absolute Gasteiger partial charge is 0.221 e. The Morgan fingerprint density at radius 1 is 1.28 bits per heavy atom. The molecule has 0 radical (unpaired) electrons. The van der Waals surface area contributed by atoms with Crippen molar-refractivity contribution in [2.75, 3.05) is 25.1 Å². The lowest BCUT2D eigenvalue weighted by Crippen LogP contribution is -2.30. The molecule has 1 aliphatic heterocycles. The lowest BCUT2D eigenvalue weighted by Gasteiger charge is -2.28. The summed E-state index contributed by atoms with van der Waals surface area (Å²) < 4.78 is 5.31. The normalized spacial score (nSPS) is 15.0. The highest BCUT2D eigenvalue weighted by atomic mass is 16.5. The van der Waals surface area contributed by atoms with Crippen LogP contribution in [0.2, 0.25) is 0 Å². The minimum atomic E-state index is -0.340. The third kappa shape index (κ3) is 2.88. The van der Waals surface area contributed by atoms with Crippen LogP contribution in [0.4, 0.5) is 5.82 Å². The van der Waals surface area contributed by atoms with Gasteiger partial charge >= 0.3 is 0 Å². The first-order chi connectivity index (χ1) is 12.2. The number of piperidine rings is 1. The lowest BCUT2D eigenvalue weighted by atomic mass is 10.1. The topological polar surface area (TPSA) is 84.2 Å². The minimum Gasteiger partial charge on any atom is -0.497 e. The van der Waals surface area contributed by atoms with Gasteiger partial charge < -0.3 is 20.4 Å². The molecule has 1 aromatic carbocycles. The average Bonchev–Trinajstić information content (AvgIpc) is 3.00. The average molecular weight is 338 g/mol. The van der Waals surface area contributed by atoms with Crippen molar-refractivity contribution in [3.05, 3.63) is 29.8 Å². The van der Waals surface area contributed by atoms with Crippen molar-refractivity contribution in [2.45, 2.75) is 25.7 Å². The van der Waals surface area contributed by atoms with E-state index < -0.39 is 0 Å². The highest BCUT2D eigenvalue weighted by molar-refractivity contribution is 6.07. The Morgan fingerprint density at radius 2 is 2.08 bits per heavy atom.